The topological polar surface area (TPSA) is 61.0 Å². The molecule has 0 fully saturated rings. The van der Waals surface area contributed by atoms with Gasteiger partial charge in [-0.05, 0) is 37.6 Å². The van der Waals surface area contributed by atoms with Crippen LogP contribution in [0.1, 0.15) is 11.3 Å². The molecule has 0 radical (unpaired) electrons. The minimum atomic E-state index is 0.366. The number of ether oxygens (including phenoxy) is 1. The first-order chi connectivity index (χ1) is 10.6. The molecule has 22 heavy (non-hydrogen) atoms. The van der Waals surface area contributed by atoms with Gasteiger partial charge < -0.3 is 9.26 Å². The van der Waals surface area contributed by atoms with Gasteiger partial charge >= 0.3 is 0 Å². The van der Waals surface area contributed by atoms with Crippen LogP contribution in [0.15, 0.2) is 34.9 Å². The third-order valence-corrected chi connectivity index (χ3v) is 3.56. The van der Waals surface area contributed by atoms with Gasteiger partial charge in [0, 0.05) is 5.69 Å². The second-order valence-corrected chi connectivity index (χ2v) is 5.23. The van der Waals surface area contributed by atoms with Crippen LogP contribution in [-0.4, -0.2) is 22.2 Å². The Morgan fingerprint density at radius 1 is 1.14 bits per heavy atom. The van der Waals surface area contributed by atoms with E-state index in [9.17, 15) is 0 Å². The van der Waals surface area contributed by atoms with Gasteiger partial charge in [0.25, 0.3) is 5.89 Å². The SMILES string of the molecule is COc1ccccc1-c1nc(-c2c(C)cc(C)nc2Cl)no1. The molecule has 0 spiro atoms. The first kappa shape index (κ1) is 14.5. The molecular formula is C16H14ClN3O2. The predicted octanol–water partition coefficient (Wildman–Crippen LogP) is 4.08. The predicted molar refractivity (Wildman–Crippen MR) is 84.0 cm³/mol. The van der Waals surface area contributed by atoms with Gasteiger partial charge in [0.1, 0.15) is 10.9 Å². The van der Waals surface area contributed by atoms with Crippen molar-refractivity contribution in [1.82, 2.24) is 15.1 Å². The number of aryl methyl sites for hydroxylation is 2. The summed E-state index contributed by atoms with van der Waals surface area (Å²) in [5.41, 5.74) is 3.21. The molecule has 3 rings (SSSR count). The number of pyridine rings is 1. The number of halogens is 1. The van der Waals surface area contributed by atoms with Gasteiger partial charge in [-0.1, -0.05) is 28.9 Å². The van der Waals surface area contributed by atoms with E-state index >= 15 is 0 Å². The largest absolute Gasteiger partial charge is 0.496 e. The average Bonchev–Trinajstić information content (AvgIpc) is 2.95. The van der Waals surface area contributed by atoms with Crippen molar-refractivity contribution in [2.24, 2.45) is 0 Å². The maximum atomic E-state index is 6.23. The highest BCUT2D eigenvalue weighted by atomic mass is 35.5. The Morgan fingerprint density at radius 3 is 2.64 bits per heavy atom. The molecule has 1 aromatic carbocycles. The highest BCUT2D eigenvalue weighted by Crippen LogP contribution is 2.32. The molecule has 0 aliphatic carbocycles. The molecule has 0 saturated heterocycles. The van der Waals surface area contributed by atoms with Gasteiger partial charge in [-0.2, -0.15) is 4.98 Å². The lowest BCUT2D eigenvalue weighted by molar-refractivity contribution is 0.405. The Morgan fingerprint density at radius 2 is 1.91 bits per heavy atom. The molecular weight excluding hydrogens is 302 g/mol. The standard InChI is InChI=1S/C16H14ClN3O2/c1-9-8-10(2)18-14(17)13(9)15-19-16(22-20-15)11-6-4-5-7-12(11)21-3/h4-8H,1-3H3. The number of rotatable bonds is 3. The number of aromatic nitrogens is 3. The summed E-state index contributed by atoms with van der Waals surface area (Å²) in [5, 5.41) is 4.39. The molecule has 0 aliphatic rings. The Labute approximate surface area is 132 Å². The van der Waals surface area contributed by atoms with Crippen LogP contribution in [0, 0.1) is 13.8 Å². The van der Waals surface area contributed by atoms with Crippen LogP contribution in [0.3, 0.4) is 0 Å². The van der Waals surface area contributed by atoms with Gasteiger partial charge in [-0.3, -0.25) is 0 Å². The number of nitrogens with zero attached hydrogens (tertiary/aromatic N) is 3. The van der Waals surface area contributed by atoms with E-state index in [0.29, 0.717) is 28.2 Å². The summed E-state index contributed by atoms with van der Waals surface area (Å²) >= 11 is 6.23. The Hall–Kier alpha value is -2.40. The quantitative estimate of drug-likeness (QED) is 0.682. The van der Waals surface area contributed by atoms with E-state index in [0.717, 1.165) is 16.8 Å². The van der Waals surface area contributed by atoms with E-state index in [-0.39, 0.29) is 0 Å². The van der Waals surface area contributed by atoms with Crippen LogP contribution in [0.4, 0.5) is 0 Å². The van der Waals surface area contributed by atoms with Crippen LogP contribution in [-0.2, 0) is 0 Å². The number of benzene rings is 1. The van der Waals surface area contributed by atoms with Crippen molar-refractivity contribution in [3.8, 4) is 28.6 Å². The van der Waals surface area contributed by atoms with E-state index in [1.165, 1.54) is 0 Å². The van der Waals surface area contributed by atoms with Crippen LogP contribution < -0.4 is 4.74 Å². The lowest BCUT2D eigenvalue weighted by Crippen LogP contribution is -1.93. The van der Waals surface area contributed by atoms with Crippen LogP contribution in [0.25, 0.3) is 22.8 Å². The van der Waals surface area contributed by atoms with E-state index in [4.69, 9.17) is 20.9 Å². The van der Waals surface area contributed by atoms with Crippen molar-refractivity contribution in [2.45, 2.75) is 13.8 Å². The molecule has 0 saturated carbocycles. The maximum absolute atomic E-state index is 6.23. The Kier molecular flexibility index (Phi) is 3.81. The molecule has 6 heteroatoms. The monoisotopic (exact) mass is 315 g/mol. The minimum Gasteiger partial charge on any atom is -0.496 e. The zero-order chi connectivity index (χ0) is 15.7. The van der Waals surface area contributed by atoms with E-state index < -0.39 is 0 Å². The number of hydrogen-bond acceptors (Lipinski definition) is 5. The molecule has 112 valence electrons. The van der Waals surface area contributed by atoms with Crippen LogP contribution >= 0.6 is 11.6 Å². The van der Waals surface area contributed by atoms with Crippen molar-refractivity contribution in [3.05, 3.63) is 46.7 Å². The van der Waals surface area contributed by atoms with Crippen molar-refractivity contribution < 1.29 is 9.26 Å². The van der Waals surface area contributed by atoms with E-state index in [2.05, 4.69) is 15.1 Å². The smallest absolute Gasteiger partial charge is 0.262 e. The third-order valence-electron chi connectivity index (χ3n) is 3.29. The zero-order valence-electron chi connectivity index (χ0n) is 12.4. The second kappa shape index (κ2) is 5.77. The molecule has 0 aliphatic heterocycles. The van der Waals surface area contributed by atoms with E-state index in [1.54, 1.807) is 7.11 Å². The van der Waals surface area contributed by atoms with Crippen LogP contribution in [0.2, 0.25) is 5.15 Å². The second-order valence-electron chi connectivity index (χ2n) is 4.87. The van der Waals surface area contributed by atoms with Crippen molar-refractivity contribution in [2.75, 3.05) is 7.11 Å². The first-order valence-electron chi connectivity index (χ1n) is 6.71. The molecule has 5 nitrogen and oxygen atoms in total. The highest BCUT2D eigenvalue weighted by molar-refractivity contribution is 6.32. The third kappa shape index (κ3) is 2.55. The number of hydrogen-bond donors (Lipinski definition) is 0. The Bertz CT molecular complexity index is 807. The fraction of sp³-hybridized carbons (Fsp3) is 0.188. The minimum absolute atomic E-state index is 0.366. The highest BCUT2D eigenvalue weighted by Gasteiger charge is 2.18. The zero-order valence-corrected chi connectivity index (χ0v) is 13.2. The summed E-state index contributed by atoms with van der Waals surface area (Å²) in [5.74, 6) is 1.46. The van der Waals surface area contributed by atoms with Crippen LogP contribution in [0.5, 0.6) is 5.75 Å². The van der Waals surface area contributed by atoms with Crippen molar-refractivity contribution in [1.29, 1.82) is 0 Å². The summed E-state index contributed by atoms with van der Waals surface area (Å²) in [6, 6.07) is 9.39. The molecule has 0 unspecified atom stereocenters. The lowest BCUT2D eigenvalue weighted by atomic mass is 10.1. The fourth-order valence-corrected chi connectivity index (χ4v) is 2.68. The summed E-state index contributed by atoms with van der Waals surface area (Å²) in [7, 11) is 1.60. The summed E-state index contributed by atoms with van der Waals surface area (Å²) in [4.78, 5) is 8.67. The molecule has 0 N–H and O–H groups in total. The molecule has 2 heterocycles. The summed E-state index contributed by atoms with van der Waals surface area (Å²) in [6.45, 7) is 3.83. The normalized spacial score (nSPS) is 10.7. The van der Waals surface area contributed by atoms with Crippen molar-refractivity contribution >= 4 is 11.6 Å². The Balaban J connectivity index is 2.09. The van der Waals surface area contributed by atoms with Gasteiger partial charge in [-0.25, -0.2) is 4.98 Å². The lowest BCUT2D eigenvalue weighted by Gasteiger charge is -2.04. The van der Waals surface area contributed by atoms with E-state index in [1.807, 2.05) is 44.2 Å². The number of methoxy groups -OCH3 is 1. The maximum Gasteiger partial charge on any atom is 0.262 e. The summed E-state index contributed by atoms with van der Waals surface area (Å²) in [6.07, 6.45) is 0. The van der Waals surface area contributed by atoms with Gasteiger partial charge in [0.2, 0.25) is 5.82 Å². The molecule has 3 aromatic rings. The first-order valence-corrected chi connectivity index (χ1v) is 7.09. The fourth-order valence-electron chi connectivity index (χ4n) is 2.32. The number of para-hydroxylation sites is 1. The molecule has 0 amide bonds. The average molecular weight is 316 g/mol. The molecule has 2 aromatic heterocycles. The molecule has 0 bridgehead atoms. The van der Waals surface area contributed by atoms with Gasteiger partial charge in [0.15, 0.2) is 0 Å². The van der Waals surface area contributed by atoms with Gasteiger partial charge in [0.05, 0.1) is 18.2 Å². The van der Waals surface area contributed by atoms with Gasteiger partial charge in [-0.15, -0.1) is 0 Å². The summed E-state index contributed by atoms with van der Waals surface area (Å²) < 4.78 is 10.7. The van der Waals surface area contributed by atoms with Crippen molar-refractivity contribution in [3.63, 3.8) is 0 Å². The molecule has 0 atom stereocenters.